The molecular weight excluding hydrogens is 266 g/mol. The van der Waals surface area contributed by atoms with Crippen LogP contribution in [-0.2, 0) is 6.42 Å². The largest absolute Gasteiger partial charge is 0.438 e. The molecule has 0 aliphatic carbocycles. The van der Waals surface area contributed by atoms with Crippen molar-refractivity contribution in [3.63, 3.8) is 0 Å². The van der Waals surface area contributed by atoms with Crippen LogP contribution < -0.4 is 16.0 Å². The van der Waals surface area contributed by atoms with Gasteiger partial charge in [-0.05, 0) is 24.6 Å². The van der Waals surface area contributed by atoms with Gasteiger partial charge in [-0.3, -0.25) is 4.98 Å². The van der Waals surface area contributed by atoms with E-state index in [2.05, 4.69) is 20.4 Å². The van der Waals surface area contributed by atoms with Gasteiger partial charge in [0.2, 0.25) is 5.88 Å². The van der Waals surface area contributed by atoms with Crippen LogP contribution in [-0.4, -0.2) is 15.0 Å². The molecule has 2 aromatic heterocycles. The summed E-state index contributed by atoms with van der Waals surface area (Å²) in [7, 11) is 0. The number of ether oxygens (including phenoxy) is 1. The Labute approximate surface area is 122 Å². The molecule has 0 saturated heterocycles. The second-order valence-corrected chi connectivity index (χ2v) is 4.46. The fourth-order valence-corrected chi connectivity index (χ4v) is 2.15. The zero-order chi connectivity index (χ0) is 14.7. The van der Waals surface area contributed by atoms with E-state index < -0.39 is 0 Å². The van der Waals surface area contributed by atoms with E-state index in [0.29, 0.717) is 23.9 Å². The smallest absolute Gasteiger partial charge is 0.227 e. The lowest BCUT2D eigenvalue weighted by molar-refractivity contribution is 0.456. The summed E-state index contributed by atoms with van der Waals surface area (Å²) in [6, 6.07) is 9.65. The van der Waals surface area contributed by atoms with Gasteiger partial charge < -0.3 is 10.2 Å². The molecule has 0 aliphatic heterocycles. The first-order chi connectivity index (χ1) is 10.3. The fraction of sp³-hybridized carbons (Fsp3) is 0.133. The fourth-order valence-electron chi connectivity index (χ4n) is 2.15. The maximum absolute atomic E-state index is 5.86. The van der Waals surface area contributed by atoms with Crippen molar-refractivity contribution < 1.29 is 4.74 Å². The summed E-state index contributed by atoms with van der Waals surface area (Å²) in [6.45, 7) is 1.99. The zero-order valence-electron chi connectivity index (χ0n) is 11.6. The highest BCUT2D eigenvalue weighted by molar-refractivity contribution is 5.79. The first-order valence-electron chi connectivity index (χ1n) is 6.65. The van der Waals surface area contributed by atoms with Gasteiger partial charge in [0.05, 0.1) is 11.1 Å². The molecule has 3 N–H and O–H groups in total. The summed E-state index contributed by atoms with van der Waals surface area (Å²) >= 11 is 0. The molecule has 0 bridgehead atoms. The Morgan fingerprint density at radius 2 is 2.10 bits per heavy atom. The molecule has 21 heavy (non-hydrogen) atoms. The predicted octanol–water partition coefficient (Wildman–Crippen LogP) is 2.67. The van der Waals surface area contributed by atoms with Crippen molar-refractivity contribution in [3.8, 4) is 11.6 Å². The Morgan fingerprint density at radius 3 is 2.90 bits per heavy atom. The number of fused-ring (bicyclic) bond motifs is 1. The molecule has 0 aliphatic rings. The predicted molar refractivity (Wildman–Crippen MR) is 81.0 cm³/mol. The Hall–Kier alpha value is -2.73. The lowest BCUT2D eigenvalue weighted by Crippen LogP contribution is -2.12. The van der Waals surface area contributed by atoms with Gasteiger partial charge in [-0.15, -0.1) is 0 Å². The third-order valence-corrected chi connectivity index (χ3v) is 3.19. The van der Waals surface area contributed by atoms with Crippen LogP contribution in [0.15, 0.2) is 42.9 Å². The molecule has 0 atom stereocenters. The number of aromatic nitrogens is 3. The maximum atomic E-state index is 5.86. The molecule has 0 amide bonds. The minimum absolute atomic E-state index is 0.496. The number of nitrogens with two attached hydrogens (primary N) is 1. The molecule has 1 aromatic carbocycles. The molecule has 0 radical (unpaired) electrons. The van der Waals surface area contributed by atoms with E-state index in [-0.39, 0.29) is 0 Å². The lowest BCUT2D eigenvalue weighted by atomic mass is 10.2. The zero-order valence-corrected chi connectivity index (χ0v) is 11.6. The van der Waals surface area contributed by atoms with Crippen molar-refractivity contribution in [2.24, 2.45) is 5.84 Å². The Bertz CT molecular complexity index is 775. The molecule has 0 saturated carbocycles. The first kappa shape index (κ1) is 13.3. The van der Waals surface area contributed by atoms with E-state index in [1.165, 1.54) is 6.33 Å². The van der Waals surface area contributed by atoms with Gasteiger partial charge >= 0.3 is 0 Å². The average Bonchev–Trinajstić information content (AvgIpc) is 2.54. The first-order valence-corrected chi connectivity index (χ1v) is 6.65. The average molecular weight is 281 g/mol. The molecule has 6 heteroatoms. The van der Waals surface area contributed by atoms with Gasteiger partial charge in [0.1, 0.15) is 17.9 Å². The van der Waals surface area contributed by atoms with Crippen LogP contribution in [0.3, 0.4) is 0 Å². The van der Waals surface area contributed by atoms with Crippen LogP contribution in [0.1, 0.15) is 12.5 Å². The molecule has 3 rings (SSSR count). The van der Waals surface area contributed by atoms with Crippen LogP contribution >= 0.6 is 0 Å². The number of hydrogen-bond donors (Lipinski definition) is 2. The van der Waals surface area contributed by atoms with Gasteiger partial charge in [0.15, 0.2) is 0 Å². The van der Waals surface area contributed by atoms with Crippen LogP contribution in [0.5, 0.6) is 11.6 Å². The molecule has 2 heterocycles. The van der Waals surface area contributed by atoms with E-state index in [0.717, 1.165) is 16.5 Å². The number of anilines is 1. The lowest BCUT2D eigenvalue weighted by Gasteiger charge is -2.11. The van der Waals surface area contributed by atoms with E-state index in [1.54, 1.807) is 6.20 Å². The monoisotopic (exact) mass is 281 g/mol. The highest BCUT2D eigenvalue weighted by Crippen LogP contribution is 2.28. The van der Waals surface area contributed by atoms with Crippen molar-refractivity contribution in [1.82, 2.24) is 15.0 Å². The van der Waals surface area contributed by atoms with Crippen LogP contribution in [0.2, 0.25) is 0 Å². The number of nitrogens with one attached hydrogen (secondary N) is 1. The Morgan fingerprint density at radius 1 is 1.19 bits per heavy atom. The summed E-state index contributed by atoms with van der Waals surface area (Å²) < 4.78 is 5.86. The summed E-state index contributed by atoms with van der Waals surface area (Å²) in [5.74, 6) is 7.20. The van der Waals surface area contributed by atoms with E-state index in [4.69, 9.17) is 10.6 Å². The number of nitrogen functional groups attached to an aromatic ring is 1. The van der Waals surface area contributed by atoms with Crippen LogP contribution in [0, 0.1) is 0 Å². The number of rotatable bonds is 4. The maximum Gasteiger partial charge on any atom is 0.227 e. The van der Waals surface area contributed by atoms with Gasteiger partial charge in [-0.2, -0.15) is 0 Å². The number of hydrogen-bond acceptors (Lipinski definition) is 6. The van der Waals surface area contributed by atoms with E-state index in [9.17, 15) is 0 Å². The molecule has 0 spiro atoms. The topological polar surface area (TPSA) is 86.0 Å². The Kier molecular flexibility index (Phi) is 3.61. The van der Waals surface area contributed by atoms with Gasteiger partial charge in [0, 0.05) is 17.6 Å². The Balaban J connectivity index is 1.98. The minimum atomic E-state index is 0.496. The molecule has 3 aromatic rings. The van der Waals surface area contributed by atoms with Gasteiger partial charge in [-0.25, -0.2) is 15.8 Å². The molecular formula is C15H15N5O. The van der Waals surface area contributed by atoms with Gasteiger partial charge in [-0.1, -0.05) is 13.0 Å². The summed E-state index contributed by atoms with van der Waals surface area (Å²) in [6.07, 6.45) is 3.88. The van der Waals surface area contributed by atoms with Crippen molar-refractivity contribution in [3.05, 3.63) is 48.4 Å². The quantitative estimate of drug-likeness (QED) is 0.565. The number of benzene rings is 1. The second-order valence-electron chi connectivity index (χ2n) is 4.46. The highest BCUT2D eigenvalue weighted by atomic mass is 16.5. The number of pyridine rings is 1. The normalized spacial score (nSPS) is 10.6. The highest BCUT2D eigenvalue weighted by Gasteiger charge is 2.11. The summed E-state index contributed by atoms with van der Waals surface area (Å²) in [4.78, 5) is 12.6. The van der Waals surface area contributed by atoms with Crippen molar-refractivity contribution >= 4 is 16.7 Å². The SMILES string of the molecule is CCc1c(NN)ncnc1Oc1ccc2cccnc2c1. The molecule has 106 valence electrons. The van der Waals surface area contributed by atoms with Gasteiger partial charge in [0.25, 0.3) is 0 Å². The third kappa shape index (κ3) is 2.61. The van der Waals surface area contributed by atoms with Crippen molar-refractivity contribution in [2.75, 3.05) is 5.43 Å². The van der Waals surface area contributed by atoms with Crippen molar-refractivity contribution in [1.29, 1.82) is 0 Å². The molecule has 0 fully saturated rings. The standard InChI is InChI=1S/C15H15N5O/c1-2-12-14(20-16)18-9-19-15(12)21-11-6-5-10-4-3-7-17-13(10)8-11/h3-9H,2,16H2,1H3,(H,18,19,20). The number of nitrogens with zero attached hydrogens (tertiary/aromatic N) is 3. The molecule has 6 nitrogen and oxygen atoms in total. The van der Waals surface area contributed by atoms with E-state index in [1.807, 2.05) is 37.3 Å². The van der Waals surface area contributed by atoms with E-state index >= 15 is 0 Å². The van der Waals surface area contributed by atoms with Crippen LogP contribution in [0.4, 0.5) is 5.82 Å². The third-order valence-electron chi connectivity index (χ3n) is 3.19. The summed E-state index contributed by atoms with van der Waals surface area (Å²) in [5.41, 5.74) is 4.27. The van der Waals surface area contributed by atoms with Crippen molar-refractivity contribution in [2.45, 2.75) is 13.3 Å². The molecule has 0 unspecified atom stereocenters. The number of hydrazine groups is 1. The van der Waals surface area contributed by atoms with Crippen LogP contribution in [0.25, 0.3) is 10.9 Å². The summed E-state index contributed by atoms with van der Waals surface area (Å²) in [5, 5.41) is 1.06. The second kappa shape index (κ2) is 5.72. The minimum Gasteiger partial charge on any atom is -0.438 e.